The number of rotatable bonds is 2. The second kappa shape index (κ2) is 6.15. The van der Waals surface area contributed by atoms with Crippen molar-refractivity contribution < 1.29 is 0 Å². The van der Waals surface area contributed by atoms with Crippen LogP contribution in [0.15, 0.2) is 127 Å². The maximum absolute atomic E-state index is 3.68. The van der Waals surface area contributed by atoms with E-state index in [2.05, 4.69) is 119 Å². The van der Waals surface area contributed by atoms with Gasteiger partial charge in [0.2, 0.25) is 0 Å². The van der Waals surface area contributed by atoms with Gasteiger partial charge in [-0.1, -0.05) is 70.5 Å². The SMILES string of the molecule is Brc1ccc2c(c1)-c1ccccc1S2(c1ccccc1)c1ccccc1. The summed E-state index contributed by atoms with van der Waals surface area (Å²) in [5.41, 5.74) is 2.70. The first-order chi connectivity index (χ1) is 12.8. The normalized spacial score (nSPS) is 15.1. The largest absolute Gasteiger partial charge is 0.132 e. The Kier molecular flexibility index (Phi) is 3.77. The van der Waals surface area contributed by atoms with Crippen LogP contribution in [0.3, 0.4) is 0 Å². The van der Waals surface area contributed by atoms with Gasteiger partial charge in [0, 0.05) is 24.1 Å². The number of fused-ring (bicyclic) bond motifs is 3. The van der Waals surface area contributed by atoms with E-state index in [1.165, 1.54) is 30.7 Å². The Bertz CT molecular complexity index is 1050. The van der Waals surface area contributed by atoms with E-state index in [9.17, 15) is 0 Å². The van der Waals surface area contributed by atoms with E-state index in [-0.39, 0.29) is 0 Å². The maximum atomic E-state index is 3.68. The second-order valence-corrected chi connectivity index (χ2v) is 10.3. The van der Waals surface area contributed by atoms with Gasteiger partial charge in [-0.25, -0.2) is 0 Å². The molecule has 5 rings (SSSR count). The van der Waals surface area contributed by atoms with E-state index in [0.717, 1.165) is 4.47 Å². The van der Waals surface area contributed by atoms with Crippen molar-refractivity contribution in [3.63, 3.8) is 0 Å². The number of benzene rings is 4. The van der Waals surface area contributed by atoms with Crippen LogP contribution in [0.1, 0.15) is 0 Å². The molecule has 0 atom stereocenters. The molecule has 26 heavy (non-hydrogen) atoms. The van der Waals surface area contributed by atoms with Gasteiger partial charge >= 0.3 is 0 Å². The van der Waals surface area contributed by atoms with Crippen molar-refractivity contribution in [3.05, 3.63) is 108 Å². The molecule has 126 valence electrons. The number of hydrogen-bond acceptors (Lipinski definition) is 0. The van der Waals surface area contributed by atoms with E-state index in [1.807, 2.05) is 0 Å². The zero-order valence-electron chi connectivity index (χ0n) is 14.1. The van der Waals surface area contributed by atoms with Crippen LogP contribution in [0.5, 0.6) is 0 Å². The molecule has 0 nitrogen and oxygen atoms in total. The third kappa shape index (κ3) is 2.16. The first-order valence-electron chi connectivity index (χ1n) is 8.64. The molecule has 0 N–H and O–H groups in total. The average molecular weight is 417 g/mol. The highest BCUT2D eigenvalue weighted by Crippen LogP contribution is 2.79. The summed E-state index contributed by atoms with van der Waals surface area (Å²) in [6.07, 6.45) is 0. The Hall–Kier alpha value is -2.29. The summed E-state index contributed by atoms with van der Waals surface area (Å²) in [6.45, 7) is 0. The van der Waals surface area contributed by atoms with E-state index in [4.69, 9.17) is 0 Å². The first kappa shape index (κ1) is 15.9. The summed E-state index contributed by atoms with van der Waals surface area (Å²) in [7, 11) is -1.47. The monoisotopic (exact) mass is 416 g/mol. The van der Waals surface area contributed by atoms with Crippen LogP contribution in [0.25, 0.3) is 11.1 Å². The summed E-state index contributed by atoms with van der Waals surface area (Å²) < 4.78 is 1.13. The van der Waals surface area contributed by atoms with E-state index >= 15 is 0 Å². The van der Waals surface area contributed by atoms with Crippen molar-refractivity contribution in [2.75, 3.05) is 0 Å². The molecular weight excluding hydrogens is 400 g/mol. The van der Waals surface area contributed by atoms with Gasteiger partial charge in [-0.3, -0.25) is 0 Å². The fourth-order valence-electron chi connectivity index (χ4n) is 3.95. The van der Waals surface area contributed by atoms with Crippen molar-refractivity contribution >= 4 is 26.0 Å². The molecule has 0 fully saturated rings. The molecule has 1 aliphatic rings. The van der Waals surface area contributed by atoms with Crippen LogP contribution in [0, 0.1) is 0 Å². The number of hydrogen-bond donors (Lipinski definition) is 0. The minimum absolute atomic E-state index is 1.13. The number of halogens is 1. The minimum Gasteiger partial charge on any atom is -0.132 e. The fourth-order valence-corrected chi connectivity index (χ4v) is 8.53. The van der Waals surface area contributed by atoms with Crippen LogP contribution in [0.4, 0.5) is 0 Å². The molecule has 0 bridgehead atoms. The lowest BCUT2D eigenvalue weighted by Gasteiger charge is -2.39. The third-order valence-electron chi connectivity index (χ3n) is 4.97. The highest BCUT2D eigenvalue weighted by atomic mass is 79.9. The molecule has 0 radical (unpaired) electrons. The first-order valence-corrected chi connectivity index (χ1v) is 11.1. The van der Waals surface area contributed by atoms with Crippen LogP contribution in [0.2, 0.25) is 0 Å². The van der Waals surface area contributed by atoms with Gasteiger partial charge < -0.3 is 0 Å². The van der Waals surface area contributed by atoms with Crippen molar-refractivity contribution in [2.45, 2.75) is 19.6 Å². The summed E-state index contributed by atoms with van der Waals surface area (Å²) in [6, 6.07) is 37.7. The van der Waals surface area contributed by atoms with E-state index in [0.29, 0.717) is 0 Å². The summed E-state index contributed by atoms with van der Waals surface area (Å²) >= 11 is 3.68. The van der Waals surface area contributed by atoms with Gasteiger partial charge in [-0.15, -0.1) is 10.0 Å². The van der Waals surface area contributed by atoms with Gasteiger partial charge in [-0.2, -0.15) is 0 Å². The highest BCUT2D eigenvalue weighted by molar-refractivity contribution is 9.10. The lowest BCUT2D eigenvalue weighted by atomic mass is 10.1. The third-order valence-corrected chi connectivity index (χ3v) is 9.46. The molecule has 4 aromatic rings. The average Bonchev–Trinajstić information content (AvgIpc) is 3.00. The van der Waals surface area contributed by atoms with Gasteiger partial charge in [0.15, 0.2) is 0 Å². The lowest BCUT2D eigenvalue weighted by molar-refractivity contribution is 1.29. The fraction of sp³-hybridized carbons (Fsp3) is 0. The zero-order chi connectivity index (χ0) is 17.6. The van der Waals surface area contributed by atoms with Crippen molar-refractivity contribution in [2.24, 2.45) is 0 Å². The molecule has 4 aromatic carbocycles. The zero-order valence-corrected chi connectivity index (χ0v) is 16.5. The Morgan fingerprint density at radius 3 is 1.69 bits per heavy atom. The van der Waals surface area contributed by atoms with Crippen LogP contribution in [-0.2, 0) is 0 Å². The Balaban J connectivity index is 1.98. The standard InChI is InChI=1S/C24H17BrS/c25-18-15-16-24-22(17-18)21-13-7-8-14-23(21)26(24,19-9-3-1-4-10-19)20-11-5-2-6-12-20/h1-17H. The molecule has 2 heteroatoms. The molecule has 0 spiro atoms. The Morgan fingerprint density at radius 2 is 1.04 bits per heavy atom. The summed E-state index contributed by atoms with van der Waals surface area (Å²) in [4.78, 5) is 5.64. The van der Waals surface area contributed by atoms with E-state index in [1.54, 1.807) is 0 Å². The predicted molar refractivity (Wildman–Crippen MR) is 113 cm³/mol. The Labute approximate surface area is 164 Å². The maximum Gasteiger partial charge on any atom is 0.0182 e. The van der Waals surface area contributed by atoms with Crippen molar-refractivity contribution in [3.8, 4) is 11.1 Å². The van der Waals surface area contributed by atoms with Crippen molar-refractivity contribution in [1.29, 1.82) is 0 Å². The quantitative estimate of drug-likeness (QED) is 0.275. The lowest BCUT2D eigenvalue weighted by Crippen LogP contribution is -2.01. The van der Waals surface area contributed by atoms with Gasteiger partial charge in [-0.05, 0) is 59.7 Å². The van der Waals surface area contributed by atoms with Crippen molar-refractivity contribution in [1.82, 2.24) is 0 Å². The smallest absolute Gasteiger partial charge is 0.0182 e. The van der Waals surface area contributed by atoms with Gasteiger partial charge in [0.1, 0.15) is 0 Å². The van der Waals surface area contributed by atoms with Gasteiger partial charge in [0.25, 0.3) is 0 Å². The molecule has 1 aliphatic heterocycles. The summed E-state index contributed by atoms with van der Waals surface area (Å²) in [5.74, 6) is 0. The van der Waals surface area contributed by atoms with Crippen LogP contribution in [-0.4, -0.2) is 0 Å². The molecule has 0 saturated heterocycles. The van der Waals surface area contributed by atoms with Crippen LogP contribution < -0.4 is 0 Å². The molecular formula is C24H17BrS. The minimum atomic E-state index is -1.47. The predicted octanol–water partition coefficient (Wildman–Crippen LogP) is 7.77. The van der Waals surface area contributed by atoms with E-state index < -0.39 is 10.0 Å². The topological polar surface area (TPSA) is 0 Å². The molecule has 1 heterocycles. The second-order valence-electron chi connectivity index (χ2n) is 6.38. The van der Waals surface area contributed by atoms with Gasteiger partial charge in [0.05, 0.1) is 0 Å². The Morgan fingerprint density at radius 1 is 0.500 bits per heavy atom. The molecule has 0 amide bonds. The molecule has 0 aromatic heterocycles. The molecule has 0 aliphatic carbocycles. The van der Waals surface area contributed by atoms with Crippen LogP contribution >= 0.6 is 26.0 Å². The highest BCUT2D eigenvalue weighted by Gasteiger charge is 2.41. The summed E-state index contributed by atoms with van der Waals surface area (Å²) in [5, 5.41) is 0. The molecule has 0 unspecified atom stereocenters. The molecule has 0 saturated carbocycles.